The van der Waals surface area contributed by atoms with E-state index in [-0.39, 0.29) is 17.1 Å². The summed E-state index contributed by atoms with van der Waals surface area (Å²) in [5, 5.41) is 11.0. The van der Waals surface area contributed by atoms with Gasteiger partial charge in [-0.05, 0) is 24.1 Å². The molecule has 0 spiro atoms. The highest BCUT2D eigenvalue weighted by Crippen LogP contribution is 2.39. The van der Waals surface area contributed by atoms with Crippen LogP contribution in [-0.4, -0.2) is 28.2 Å². The van der Waals surface area contributed by atoms with Crippen LogP contribution >= 0.6 is 0 Å². The molecule has 0 unspecified atom stereocenters. The van der Waals surface area contributed by atoms with Gasteiger partial charge in [0.1, 0.15) is 11.6 Å². The second-order valence-corrected chi connectivity index (χ2v) is 10.5. The summed E-state index contributed by atoms with van der Waals surface area (Å²) in [6.07, 6.45) is 17.4. The van der Waals surface area contributed by atoms with Crippen molar-refractivity contribution in [2.75, 3.05) is 6.54 Å². The largest absolute Gasteiger partial charge is 0.507 e. The molecular weight excluding hydrogens is 477 g/mol. The molecule has 2 aromatic carbocycles. The molecule has 0 aliphatic carbocycles. The highest BCUT2D eigenvalue weighted by molar-refractivity contribution is 6.46. The number of aliphatic hydroxyl groups is 1. The molecule has 0 saturated carbocycles. The maximum absolute atomic E-state index is 13.6. The number of ketones is 1. The molecule has 1 aliphatic rings. The average Bonchev–Trinajstić information content (AvgIpc) is 3.18. The first-order valence-electron chi connectivity index (χ1n) is 14.6. The van der Waals surface area contributed by atoms with Gasteiger partial charge in [0.15, 0.2) is 0 Å². The summed E-state index contributed by atoms with van der Waals surface area (Å²) >= 11 is 0. The zero-order valence-corrected chi connectivity index (χ0v) is 23.0. The van der Waals surface area contributed by atoms with Gasteiger partial charge < -0.3 is 10.0 Å². The van der Waals surface area contributed by atoms with E-state index in [1.54, 1.807) is 41.3 Å². The van der Waals surface area contributed by atoms with Gasteiger partial charge in [-0.2, -0.15) is 0 Å². The topological polar surface area (TPSA) is 57.6 Å². The third-order valence-electron chi connectivity index (χ3n) is 7.53. The molecule has 1 N–H and O–H groups in total. The van der Waals surface area contributed by atoms with Gasteiger partial charge in [0, 0.05) is 12.1 Å². The Bertz CT molecular complexity index is 1030. The molecule has 1 saturated heterocycles. The van der Waals surface area contributed by atoms with E-state index < -0.39 is 17.7 Å². The van der Waals surface area contributed by atoms with Crippen LogP contribution in [0.1, 0.15) is 114 Å². The van der Waals surface area contributed by atoms with Gasteiger partial charge in [-0.25, -0.2) is 4.39 Å². The van der Waals surface area contributed by atoms with Crippen LogP contribution in [0.5, 0.6) is 0 Å². The van der Waals surface area contributed by atoms with E-state index in [0.29, 0.717) is 17.7 Å². The van der Waals surface area contributed by atoms with Crippen LogP contribution in [0.3, 0.4) is 0 Å². The smallest absolute Gasteiger partial charge is 0.295 e. The van der Waals surface area contributed by atoms with Crippen LogP contribution in [0.4, 0.5) is 4.39 Å². The van der Waals surface area contributed by atoms with E-state index in [2.05, 4.69) is 6.92 Å². The minimum Gasteiger partial charge on any atom is -0.507 e. The molecular formula is C33H44FNO3. The Labute approximate surface area is 227 Å². The Morgan fingerprint density at radius 3 is 1.76 bits per heavy atom. The zero-order chi connectivity index (χ0) is 27.2. The molecule has 5 heteroatoms. The molecule has 0 aromatic heterocycles. The molecule has 3 rings (SSSR count). The monoisotopic (exact) mass is 521 g/mol. The number of rotatable bonds is 17. The number of carbonyl (C=O) groups is 2. The number of halogens is 1. The van der Waals surface area contributed by atoms with Crippen LogP contribution in [-0.2, 0) is 9.59 Å². The lowest BCUT2D eigenvalue weighted by Gasteiger charge is -2.25. The van der Waals surface area contributed by atoms with E-state index in [4.69, 9.17) is 0 Å². The predicted octanol–water partition coefficient (Wildman–Crippen LogP) is 8.73. The highest BCUT2D eigenvalue weighted by atomic mass is 19.1. The van der Waals surface area contributed by atoms with Crippen LogP contribution in [0.2, 0.25) is 0 Å². The van der Waals surface area contributed by atoms with E-state index in [1.165, 1.54) is 82.8 Å². The van der Waals surface area contributed by atoms with Crippen molar-refractivity contribution in [3.63, 3.8) is 0 Å². The first-order chi connectivity index (χ1) is 18.5. The molecule has 0 radical (unpaired) electrons. The van der Waals surface area contributed by atoms with Crippen LogP contribution < -0.4 is 0 Å². The fourth-order valence-electron chi connectivity index (χ4n) is 5.33. The number of amides is 1. The molecule has 2 aromatic rings. The molecule has 1 amide bonds. The summed E-state index contributed by atoms with van der Waals surface area (Å²) in [4.78, 5) is 27.6. The summed E-state index contributed by atoms with van der Waals surface area (Å²) in [5.41, 5.74) is 1.17. The average molecular weight is 522 g/mol. The van der Waals surface area contributed by atoms with Crippen molar-refractivity contribution in [2.45, 2.75) is 103 Å². The highest BCUT2D eigenvalue weighted by Gasteiger charge is 2.45. The molecule has 1 fully saturated rings. The van der Waals surface area contributed by atoms with Gasteiger partial charge in [-0.1, -0.05) is 133 Å². The molecule has 1 heterocycles. The summed E-state index contributed by atoms with van der Waals surface area (Å²) < 4.78 is 13.6. The quantitative estimate of drug-likeness (QED) is 0.0980. The molecule has 206 valence electrons. The first-order valence-corrected chi connectivity index (χ1v) is 14.6. The van der Waals surface area contributed by atoms with Gasteiger partial charge in [0.25, 0.3) is 11.7 Å². The lowest BCUT2D eigenvalue weighted by Crippen LogP contribution is -2.30. The fourth-order valence-corrected chi connectivity index (χ4v) is 5.33. The summed E-state index contributed by atoms with van der Waals surface area (Å²) in [7, 11) is 0. The second kappa shape index (κ2) is 16.1. The lowest BCUT2D eigenvalue weighted by atomic mass is 9.95. The Kier molecular flexibility index (Phi) is 12.5. The van der Waals surface area contributed by atoms with Crippen LogP contribution in [0.25, 0.3) is 5.76 Å². The zero-order valence-electron chi connectivity index (χ0n) is 23.0. The number of aliphatic hydroxyl groups excluding tert-OH is 1. The van der Waals surface area contributed by atoms with Crippen molar-refractivity contribution in [3.8, 4) is 0 Å². The van der Waals surface area contributed by atoms with Crippen LogP contribution in [0, 0.1) is 5.82 Å². The van der Waals surface area contributed by atoms with Crippen molar-refractivity contribution in [2.24, 2.45) is 0 Å². The van der Waals surface area contributed by atoms with Crippen molar-refractivity contribution in [3.05, 3.63) is 77.1 Å². The van der Waals surface area contributed by atoms with Gasteiger partial charge in [0.05, 0.1) is 11.6 Å². The number of nitrogens with zero attached hydrogens (tertiary/aromatic N) is 1. The van der Waals surface area contributed by atoms with Crippen molar-refractivity contribution < 1.29 is 19.1 Å². The van der Waals surface area contributed by atoms with Gasteiger partial charge >= 0.3 is 0 Å². The summed E-state index contributed by atoms with van der Waals surface area (Å²) in [6.45, 7) is 2.68. The molecule has 38 heavy (non-hydrogen) atoms. The molecule has 1 atom stereocenters. The van der Waals surface area contributed by atoms with Gasteiger partial charge in [-0.3, -0.25) is 9.59 Å². The van der Waals surface area contributed by atoms with Crippen LogP contribution in [0.15, 0.2) is 60.2 Å². The van der Waals surface area contributed by atoms with E-state index in [0.717, 1.165) is 19.3 Å². The van der Waals surface area contributed by atoms with Crippen molar-refractivity contribution in [1.82, 2.24) is 4.90 Å². The Balaban J connectivity index is 1.50. The number of unbranched alkanes of at least 4 members (excludes halogenated alkanes) is 13. The SMILES string of the molecule is CCCCCCCCCCCCCCCCN1C(=O)C(=O)C(=C(O)c2ccccc2)[C@@H]1c1ccc(F)cc1. The number of hydrogen-bond acceptors (Lipinski definition) is 3. The molecule has 0 bridgehead atoms. The van der Waals surface area contributed by atoms with Gasteiger partial charge in [0.2, 0.25) is 0 Å². The Morgan fingerprint density at radius 2 is 1.24 bits per heavy atom. The number of hydrogen-bond donors (Lipinski definition) is 1. The first kappa shape index (κ1) is 29.6. The number of benzene rings is 2. The van der Waals surface area contributed by atoms with Crippen molar-refractivity contribution >= 4 is 17.4 Å². The van der Waals surface area contributed by atoms with Gasteiger partial charge in [-0.15, -0.1) is 0 Å². The molecule has 1 aliphatic heterocycles. The lowest BCUT2D eigenvalue weighted by molar-refractivity contribution is -0.139. The summed E-state index contributed by atoms with van der Waals surface area (Å²) in [6, 6.07) is 13.9. The molecule has 4 nitrogen and oxygen atoms in total. The number of likely N-dealkylation sites (tertiary alicyclic amines) is 1. The standard InChI is InChI=1S/C33H44FNO3/c1-2-3-4-5-6-7-8-9-10-11-12-13-14-18-25-35-30(26-21-23-28(34)24-22-26)29(32(37)33(35)38)31(36)27-19-16-15-17-20-27/h15-17,19-24,30,36H,2-14,18,25H2,1H3/t30-/m0/s1. The normalized spacial score (nSPS) is 16.9. The third kappa shape index (κ3) is 8.54. The number of Topliss-reactive ketones (excluding diaryl/α,β-unsaturated/α-hetero) is 1. The maximum Gasteiger partial charge on any atom is 0.295 e. The summed E-state index contributed by atoms with van der Waals surface area (Å²) in [5.74, 6) is -1.87. The fraction of sp³-hybridized carbons (Fsp3) is 0.515. The Hall–Kier alpha value is -2.95. The predicted molar refractivity (Wildman–Crippen MR) is 152 cm³/mol. The van der Waals surface area contributed by atoms with E-state index in [1.807, 2.05) is 6.07 Å². The Morgan fingerprint density at radius 1 is 0.737 bits per heavy atom. The van der Waals surface area contributed by atoms with E-state index >= 15 is 0 Å². The second-order valence-electron chi connectivity index (χ2n) is 10.5. The minimum atomic E-state index is -0.724. The number of carbonyl (C=O) groups excluding carboxylic acids is 2. The minimum absolute atomic E-state index is 0.0678. The van der Waals surface area contributed by atoms with Crippen molar-refractivity contribution in [1.29, 1.82) is 0 Å². The maximum atomic E-state index is 13.6. The van der Waals surface area contributed by atoms with E-state index in [9.17, 15) is 19.1 Å². The third-order valence-corrected chi connectivity index (χ3v) is 7.53.